The molecule has 2 aliphatic rings. The van der Waals surface area contributed by atoms with Gasteiger partial charge in [-0.3, -0.25) is 4.79 Å². The van der Waals surface area contributed by atoms with Crippen LogP contribution >= 0.6 is 11.8 Å². The summed E-state index contributed by atoms with van der Waals surface area (Å²) in [4.78, 5) is 12.4. The Morgan fingerprint density at radius 2 is 2.18 bits per heavy atom. The molecule has 1 spiro atoms. The van der Waals surface area contributed by atoms with Crippen LogP contribution in [-0.4, -0.2) is 25.3 Å². The lowest BCUT2D eigenvalue weighted by Gasteiger charge is -2.23. The summed E-state index contributed by atoms with van der Waals surface area (Å²) in [5.41, 5.74) is 2.25. The quantitative estimate of drug-likeness (QED) is 0.876. The van der Waals surface area contributed by atoms with Crippen molar-refractivity contribution in [2.45, 2.75) is 31.6 Å². The second-order valence-electron chi connectivity index (χ2n) is 6.43. The van der Waals surface area contributed by atoms with Gasteiger partial charge in [0.2, 0.25) is 5.91 Å². The molecule has 1 aliphatic heterocycles. The van der Waals surface area contributed by atoms with Crippen molar-refractivity contribution >= 4 is 17.7 Å². The second kappa shape index (κ2) is 6.59. The first-order valence-electron chi connectivity index (χ1n) is 7.89. The van der Waals surface area contributed by atoms with E-state index in [0.717, 1.165) is 49.2 Å². The molecule has 1 atom stereocenters. The Labute approximate surface area is 135 Å². The molecule has 0 aromatic heterocycles. The highest BCUT2D eigenvalue weighted by molar-refractivity contribution is 7.97. The van der Waals surface area contributed by atoms with Gasteiger partial charge in [-0.05, 0) is 67.3 Å². The van der Waals surface area contributed by atoms with E-state index in [1.807, 2.05) is 6.26 Å². The number of piperidine rings is 1. The maximum Gasteiger partial charge on any atom is 0.223 e. The minimum absolute atomic E-state index is 0.168. The fraction of sp³-hybridized carbons (Fsp3) is 0.588. The second-order valence-corrected chi connectivity index (χ2v) is 7.30. The van der Waals surface area contributed by atoms with E-state index in [1.165, 1.54) is 6.07 Å². The number of benzene rings is 1. The minimum Gasteiger partial charge on any atom is -0.352 e. The highest BCUT2D eigenvalue weighted by Crippen LogP contribution is 2.58. The van der Waals surface area contributed by atoms with E-state index in [1.54, 1.807) is 23.9 Å². The Morgan fingerprint density at radius 3 is 2.91 bits per heavy atom. The molecule has 2 N–H and O–H groups in total. The third-order valence-corrected chi connectivity index (χ3v) is 5.63. The molecule has 0 bridgehead atoms. The van der Waals surface area contributed by atoms with Crippen molar-refractivity contribution in [2.24, 2.45) is 11.3 Å². The largest absolute Gasteiger partial charge is 0.352 e. The van der Waals surface area contributed by atoms with Gasteiger partial charge in [-0.2, -0.15) is 11.8 Å². The Balaban J connectivity index is 1.58. The number of halogens is 1. The number of carbonyl (C=O) groups excluding carboxylic acids is 1. The minimum atomic E-state index is -0.213. The van der Waals surface area contributed by atoms with Crippen LogP contribution in [0.3, 0.4) is 0 Å². The van der Waals surface area contributed by atoms with Gasteiger partial charge >= 0.3 is 0 Å². The van der Waals surface area contributed by atoms with Gasteiger partial charge in [-0.1, -0.05) is 6.07 Å². The van der Waals surface area contributed by atoms with Crippen LogP contribution < -0.4 is 10.6 Å². The summed E-state index contributed by atoms with van der Waals surface area (Å²) in [6.07, 6.45) is 5.25. The van der Waals surface area contributed by atoms with Crippen molar-refractivity contribution in [2.75, 3.05) is 19.3 Å². The summed E-state index contributed by atoms with van der Waals surface area (Å²) in [5.74, 6) is 0.900. The van der Waals surface area contributed by atoms with Crippen LogP contribution in [0.2, 0.25) is 0 Å². The van der Waals surface area contributed by atoms with Crippen LogP contribution in [0.1, 0.15) is 30.4 Å². The summed E-state index contributed by atoms with van der Waals surface area (Å²) in [6, 6.07) is 4.83. The Hall–Kier alpha value is -1.07. The van der Waals surface area contributed by atoms with E-state index in [2.05, 4.69) is 10.6 Å². The van der Waals surface area contributed by atoms with Crippen molar-refractivity contribution in [1.82, 2.24) is 10.6 Å². The maximum atomic E-state index is 13.3. The van der Waals surface area contributed by atoms with Crippen molar-refractivity contribution in [3.63, 3.8) is 0 Å². The maximum absolute atomic E-state index is 13.3. The molecule has 1 aromatic rings. The molecular weight excluding hydrogens is 299 g/mol. The fourth-order valence-corrected chi connectivity index (χ4v) is 4.14. The van der Waals surface area contributed by atoms with Gasteiger partial charge in [-0.15, -0.1) is 0 Å². The average Bonchev–Trinajstić information content (AvgIpc) is 3.20. The Morgan fingerprint density at radius 1 is 1.41 bits per heavy atom. The molecule has 120 valence electrons. The van der Waals surface area contributed by atoms with Crippen LogP contribution in [0.25, 0.3) is 0 Å². The van der Waals surface area contributed by atoms with Gasteiger partial charge in [0.1, 0.15) is 5.82 Å². The topological polar surface area (TPSA) is 41.1 Å². The number of hydrogen-bond donors (Lipinski definition) is 2. The van der Waals surface area contributed by atoms with E-state index in [9.17, 15) is 9.18 Å². The summed E-state index contributed by atoms with van der Waals surface area (Å²) in [5, 5.41) is 6.41. The summed E-state index contributed by atoms with van der Waals surface area (Å²) in [7, 11) is 0. The molecule has 1 aromatic carbocycles. The van der Waals surface area contributed by atoms with E-state index in [0.29, 0.717) is 6.54 Å². The molecule has 5 heteroatoms. The summed E-state index contributed by atoms with van der Waals surface area (Å²) < 4.78 is 13.3. The van der Waals surface area contributed by atoms with Crippen molar-refractivity contribution < 1.29 is 9.18 Å². The first kappa shape index (κ1) is 15.8. The van der Waals surface area contributed by atoms with Gasteiger partial charge in [0.25, 0.3) is 0 Å². The molecule has 1 saturated carbocycles. The molecule has 1 saturated heterocycles. The first-order valence-corrected chi connectivity index (χ1v) is 9.29. The average molecular weight is 322 g/mol. The predicted octanol–water partition coefficient (Wildman–Crippen LogP) is 2.69. The molecule has 0 radical (unpaired) electrons. The molecular formula is C17H23FN2OS. The smallest absolute Gasteiger partial charge is 0.223 e. The van der Waals surface area contributed by atoms with Gasteiger partial charge in [-0.25, -0.2) is 4.39 Å². The zero-order chi connectivity index (χ0) is 15.6. The lowest BCUT2D eigenvalue weighted by molar-refractivity contribution is -0.123. The van der Waals surface area contributed by atoms with Gasteiger partial charge in [0, 0.05) is 18.2 Å². The summed E-state index contributed by atoms with van der Waals surface area (Å²) in [6.45, 7) is 2.55. The van der Waals surface area contributed by atoms with Gasteiger partial charge in [0.05, 0.1) is 0 Å². The molecule has 22 heavy (non-hydrogen) atoms. The van der Waals surface area contributed by atoms with Crippen LogP contribution in [0.5, 0.6) is 0 Å². The van der Waals surface area contributed by atoms with Crippen molar-refractivity contribution in [1.29, 1.82) is 0 Å². The number of hydrogen-bond acceptors (Lipinski definition) is 3. The van der Waals surface area contributed by atoms with Crippen molar-refractivity contribution in [3.8, 4) is 0 Å². The Bertz CT molecular complexity index is 558. The number of carbonyl (C=O) groups is 1. The standard InChI is InChI=1S/C17H23FN2OS/c1-22-11-13-8-14(18)3-2-12(13)10-20-16(21)15-9-17(15)4-6-19-7-5-17/h2-3,8,15,19H,4-7,9-11H2,1H3,(H,20,21). The number of nitrogens with one attached hydrogen (secondary N) is 2. The number of amides is 1. The molecule has 1 unspecified atom stereocenters. The zero-order valence-electron chi connectivity index (χ0n) is 13.0. The lowest BCUT2D eigenvalue weighted by atomic mass is 9.92. The Kier molecular flexibility index (Phi) is 4.73. The third-order valence-electron chi connectivity index (χ3n) is 5.03. The van der Waals surface area contributed by atoms with E-state index < -0.39 is 0 Å². The third kappa shape index (κ3) is 3.30. The van der Waals surface area contributed by atoms with Crippen LogP contribution in [0, 0.1) is 17.2 Å². The molecule has 3 nitrogen and oxygen atoms in total. The fourth-order valence-electron chi connectivity index (χ4n) is 3.56. The van der Waals surface area contributed by atoms with Crippen LogP contribution in [-0.2, 0) is 17.1 Å². The zero-order valence-corrected chi connectivity index (χ0v) is 13.8. The monoisotopic (exact) mass is 322 g/mol. The normalized spacial score (nSPS) is 22.5. The molecule has 3 rings (SSSR count). The highest BCUT2D eigenvalue weighted by atomic mass is 32.2. The highest BCUT2D eigenvalue weighted by Gasteiger charge is 2.57. The van der Waals surface area contributed by atoms with E-state index in [4.69, 9.17) is 0 Å². The molecule has 2 fully saturated rings. The molecule has 1 amide bonds. The van der Waals surface area contributed by atoms with Crippen LogP contribution in [0.4, 0.5) is 4.39 Å². The van der Waals surface area contributed by atoms with Crippen molar-refractivity contribution in [3.05, 3.63) is 35.1 Å². The van der Waals surface area contributed by atoms with E-state index in [-0.39, 0.29) is 23.1 Å². The number of rotatable bonds is 5. The SMILES string of the molecule is CSCc1cc(F)ccc1CNC(=O)C1CC12CCNCC2. The first-order chi connectivity index (χ1) is 10.6. The van der Waals surface area contributed by atoms with Gasteiger partial charge < -0.3 is 10.6 Å². The summed E-state index contributed by atoms with van der Waals surface area (Å²) >= 11 is 1.66. The predicted molar refractivity (Wildman–Crippen MR) is 88.1 cm³/mol. The van der Waals surface area contributed by atoms with Gasteiger partial charge in [0.15, 0.2) is 0 Å². The number of thioether (sulfide) groups is 1. The van der Waals surface area contributed by atoms with Crippen LogP contribution in [0.15, 0.2) is 18.2 Å². The lowest BCUT2D eigenvalue weighted by Crippen LogP contribution is -2.33. The van der Waals surface area contributed by atoms with E-state index >= 15 is 0 Å². The molecule has 1 aliphatic carbocycles. The molecule has 1 heterocycles.